The molecule has 17 heavy (non-hydrogen) atoms. The summed E-state index contributed by atoms with van der Waals surface area (Å²) in [5, 5.41) is 9.96. The van der Waals surface area contributed by atoms with Gasteiger partial charge < -0.3 is 9.52 Å². The van der Waals surface area contributed by atoms with Gasteiger partial charge in [-0.25, -0.2) is 8.78 Å². The van der Waals surface area contributed by atoms with E-state index < -0.39 is 23.3 Å². The molecule has 1 heterocycles. The normalized spacial score (nSPS) is 12.8. The van der Waals surface area contributed by atoms with E-state index in [-0.39, 0.29) is 14.7 Å². The molecule has 0 saturated heterocycles. The fourth-order valence-corrected chi connectivity index (χ4v) is 2.25. The number of aliphatic hydroxyl groups is 1. The van der Waals surface area contributed by atoms with Crippen LogP contribution >= 0.6 is 31.9 Å². The van der Waals surface area contributed by atoms with Crippen LogP contribution in [0.4, 0.5) is 8.78 Å². The molecule has 2 nitrogen and oxygen atoms in total. The Labute approximate surface area is 113 Å². The number of hydrogen-bond donors (Lipinski definition) is 1. The lowest BCUT2D eigenvalue weighted by Gasteiger charge is -2.12. The van der Waals surface area contributed by atoms with Crippen molar-refractivity contribution in [2.45, 2.75) is 6.10 Å². The molecule has 0 radical (unpaired) electrons. The topological polar surface area (TPSA) is 33.4 Å². The SMILES string of the molecule is OC(c1ccoc1Br)c1c(F)ccc(Br)c1F. The molecule has 90 valence electrons. The van der Waals surface area contributed by atoms with Crippen LogP contribution in [0.5, 0.6) is 0 Å². The van der Waals surface area contributed by atoms with Crippen molar-refractivity contribution in [1.29, 1.82) is 0 Å². The van der Waals surface area contributed by atoms with Gasteiger partial charge in [-0.15, -0.1) is 0 Å². The highest BCUT2D eigenvalue weighted by atomic mass is 79.9. The Morgan fingerprint density at radius 2 is 1.88 bits per heavy atom. The van der Waals surface area contributed by atoms with Crippen molar-refractivity contribution in [3.63, 3.8) is 0 Å². The van der Waals surface area contributed by atoms with Crippen LogP contribution in [-0.4, -0.2) is 5.11 Å². The summed E-state index contributed by atoms with van der Waals surface area (Å²) >= 11 is 5.99. The van der Waals surface area contributed by atoms with E-state index in [2.05, 4.69) is 31.9 Å². The second kappa shape index (κ2) is 4.88. The predicted octanol–water partition coefficient (Wildman–Crippen LogP) is 4.16. The van der Waals surface area contributed by atoms with E-state index in [1.54, 1.807) is 0 Å². The number of hydrogen-bond acceptors (Lipinski definition) is 2. The number of furan rings is 1. The summed E-state index contributed by atoms with van der Waals surface area (Å²) in [6.07, 6.45) is -0.114. The molecular formula is C11H6Br2F2O2. The average molecular weight is 368 g/mol. The van der Waals surface area contributed by atoms with Crippen molar-refractivity contribution < 1.29 is 18.3 Å². The zero-order valence-corrected chi connectivity index (χ0v) is 11.4. The van der Waals surface area contributed by atoms with Gasteiger partial charge in [-0.3, -0.25) is 0 Å². The van der Waals surface area contributed by atoms with Crippen LogP contribution in [-0.2, 0) is 0 Å². The molecule has 6 heteroatoms. The van der Waals surface area contributed by atoms with Crippen LogP contribution < -0.4 is 0 Å². The summed E-state index contributed by atoms with van der Waals surface area (Å²) in [6.45, 7) is 0. The molecule has 1 aromatic heterocycles. The quantitative estimate of drug-likeness (QED) is 0.808. The van der Waals surface area contributed by atoms with Crippen molar-refractivity contribution in [3.8, 4) is 0 Å². The lowest BCUT2D eigenvalue weighted by molar-refractivity contribution is 0.206. The highest BCUT2D eigenvalue weighted by molar-refractivity contribution is 9.10. The van der Waals surface area contributed by atoms with Gasteiger partial charge in [0.05, 0.1) is 16.3 Å². The van der Waals surface area contributed by atoms with Gasteiger partial charge in [0.15, 0.2) is 4.67 Å². The van der Waals surface area contributed by atoms with Crippen molar-refractivity contribution in [1.82, 2.24) is 0 Å². The van der Waals surface area contributed by atoms with Crippen LogP contribution in [0.3, 0.4) is 0 Å². The Morgan fingerprint density at radius 3 is 2.47 bits per heavy atom. The summed E-state index contributed by atoms with van der Waals surface area (Å²) in [5.41, 5.74) is -0.151. The van der Waals surface area contributed by atoms with E-state index in [1.165, 1.54) is 18.4 Å². The lowest BCUT2D eigenvalue weighted by Crippen LogP contribution is -2.06. The number of halogens is 4. The zero-order chi connectivity index (χ0) is 12.6. The highest BCUT2D eigenvalue weighted by Crippen LogP contribution is 2.34. The van der Waals surface area contributed by atoms with Crippen molar-refractivity contribution in [3.05, 3.63) is 56.4 Å². The van der Waals surface area contributed by atoms with Crippen LogP contribution in [0, 0.1) is 11.6 Å². The van der Waals surface area contributed by atoms with Crippen LogP contribution in [0.25, 0.3) is 0 Å². The van der Waals surface area contributed by atoms with Crippen molar-refractivity contribution in [2.24, 2.45) is 0 Å². The molecule has 2 aromatic rings. The summed E-state index contributed by atoms with van der Waals surface area (Å²) in [4.78, 5) is 0. The maximum absolute atomic E-state index is 13.7. The van der Waals surface area contributed by atoms with Gasteiger partial charge >= 0.3 is 0 Å². The molecule has 0 amide bonds. The fourth-order valence-electron chi connectivity index (χ4n) is 1.45. The minimum absolute atomic E-state index is 0.0903. The molecule has 0 bridgehead atoms. The first-order valence-electron chi connectivity index (χ1n) is 4.56. The fraction of sp³-hybridized carbons (Fsp3) is 0.0909. The Bertz CT molecular complexity index is 554. The van der Waals surface area contributed by atoms with Crippen LogP contribution in [0.15, 0.2) is 38.0 Å². The molecule has 0 aliphatic rings. The Hall–Kier alpha value is -0.720. The maximum Gasteiger partial charge on any atom is 0.175 e. The summed E-state index contributed by atoms with van der Waals surface area (Å²) in [6, 6.07) is 3.76. The standard InChI is InChI=1S/C11H6Br2F2O2/c12-6-1-2-7(14)8(9(6)15)10(16)5-3-4-17-11(5)13/h1-4,10,16H. The van der Waals surface area contributed by atoms with E-state index >= 15 is 0 Å². The summed E-state index contributed by atoms with van der Waals surface area (Å²) in [7, 11) is 0. The highest BCUT2D eigenvalue weighted by Gasteiger charge is 2.24. The Balaban J connectivity index is 2.55. The van der Waals surface area contributed by atoms with Crippen molar-refractivity contribution in [2.75, 3.05) is 0 Å². The molecule has 1 aromatic carbocycles. The van der Waals surface area contributed by atoms with E-state index in [4.69, 9.17) is 4.42 Å². The molecule has 1 atom stereocenters. The monoisotopic (exact) mass is 366 g/mol. The van der Waals surface area contributed by atoms with E-state index in [0.717, 1.165) is 6.07 Å². The minimum Gasteiger partial charge on any atom is -0.457 e. The lowest BCUT2D eigenvalue weighted by atomic mass is 10.0. The Kier molecular flexibility index (Phi) is 3.65. The molecule has 0 aliphatic carbocycles. The molecule has 0 aliphatic heterocycles. The minimum atomic E-state index is -1.43. The number of benzene rings is 1. The first-order chi connectivity index (χ1) is 8.02. The molecule has 0 saturated carbocycles. The molecule has 1 unspecified atom stereocenters. The van der Waals surface area contributed by atoms with E-state index in [0.29, 0.717) is 0 Å². The Morgan fingerprint density at radius 1 is 1.18 bits per heavy atom. The molecule has 0 spiro atoms. The second-order valence-corrected chi connectivity index (χ2v) is 4.88. The van der Waals surface area contributed by atoms with Gasteiger partial charge in [-0.2, -0.15) is 0 Å². The van der Waals surface area contributed by atoms with Crippen molar-refractivity contribution >= 4 is 31.9 Å². The van der Waals surface area contributed by atoms with Gasteiger partial charge in [0, 0.05) is 5.56 Å². The van der Waals surface area contributed by atoms with E-state index in [1.807, 2.05) is 0 Å². The van der Waals surface area contributed by atoms with Gasteiger partial charge in [0.25, 0.3) is 0 Å². The molecular weight excluding hydrogens is 362 g/mol. The largest absolute Gasteiger partial charge is 0.457 e. The van der Waals surface area contributed by atoms with Gasteiger partial charge in [-0.1, -0.05) is 0 Å². The van der Waals surface area contributed by atoms with Gasteiger partial charge in [0.2, 0.25) is 0 Å². The number of rotatable bonds is 2. The van der Waals surface area contributed by atoms with Crippen LogP contribution in [0.2, 0.25) is 0 Å². The smallest absolute Gasteiger partial charge is 0.175 e. The average Bonchev–Trinajstić information content (AvgIpc) is 2.70. The first kappa shape index (κ1) is 12.7. The van der Waals surface area contributed by atoms with Gasteiger partial charge in [0.1, 0.15) is 17.7 Å². The predicted molar refractivity (Wildman–Crippen MR) is 64.5 cm³/mol. The summed E-state index contributed by atoms with van der Waals surface area (Å²) in [5.74, 6) is -1.64. The third-order valence-electron chi connectivity index (χ3n) is 2.29. The third kappa shape index (κ3) is 2.29. The van der Waals surface area contributed by atoms with E-state index in [9.17, 15) is 13.9 Å². The third-order valence-corrected chi connectivity index (χ3v) is 3.55. The van der Waals surface area contributed by atoms with Gasteiger partial charge in [-0.05, 0) is 50.1 Å². The maximum atomic E-state index is 13.7. The zero-order valence-electron chi connectivity index (χ0n) is 8.25. The second-order valence-electron chi connectivity index (χ2n) is 3.31. The number of aliphatic hydroxyl groups excluding tert-OH is 1. The first-order valence-corrected chi connectivity index (χ1v) is 6.15. The molecule has 1 N–H and O–H groups in total. The molecule has 2 rings (SSSR count). The summed E-state index contributed by atoms with van der Waals surface area (Å²) < 4.78 is 32.5. The van der Waals surface area contributed by atoms with Crippen LogP contribution in [0.1, 0.15) is 17.2 Å². The molecule has 0 fully saturated rings.